The number of Topliss-reactive ketones (excluding diaryl/α,β-unsaturated/α-hetero) is 1. The van der Waals surface area contributed by atoms with E-state index in [1.807, 2.05) is 0 Å². The molecule has 164 valence electrons. The Morgan fingerprint density at radius 2 is 1.93 bits per heavy atom. The summed E-state index contributed by atoms with van der Waals surface area (Å²) in [6.45, 7) is 2.16. The molecule has 3 rings (SSSR count). The first kappa shape index (κ1) is 21.9. The molecule has 0 N–H and O–H groups in total. The fourth-order valence-corrected chi connectivity index (χ4v) is 3.84. The van der Waals surface area contributed by atoms with Gasteiger partial charge in [-0.2, -0.15) is 4.39 Å². The highest BCUT2D eigenvalue weighted by Gasteiger charge is 2.40. The van der Waals surface area contributed by atoms with Crippen molar-refractivity contribution in [2.45, 2.75) is 70.4 Å². The lowest BCUT2D eigenvalue weighted by Crippen LogP contribution is -2.47. The largest absolute Gasteiger partial charge is 0.463 e. The lowest BCUT2D eigenvalue weighted by atomic mass is 9.94. The van der Waals surface area contributed by atoms with Crippen LogP contribution in [0.2, 0.25) is 0 Å². The Morgan fingerprint density at radius 1 is 1.20 bits per heavy atom. The molecule has 11 heteroatoms. The van der Waals surface area contributed by atoms with Crippen LogP contribution < -0.4 is 11.2 Å². The smallest absolute Gasteiger partial charge is 0.333 e. The Balaban J connectivity index is 1.95. The molecule has 1 aromatic rings. The van der Waals surface area contributed by atoms with Crippen molar-refractivity contribution in [1.29, 1.82) is 0 Å². The number of halogens is 1. The van der Waals surface area contributed by atoms with Crippen LogP contribution >= 0.6 is 0 Å². The summed E-state index contributed by atoms with van der Waals surface area (Å²) in [6, 6.07) is -1.02. The van der Waals surface area contributed by atoms with Gasteiger partial charge < -0.3 is 14.2 Å². The van der Waals surface area contributed by atoms with E-state index in [2.05, 4.69) is 0 Å². The van der Waals surface area contributed by atoms with Gasteiger partial charge in [0.25, 0.3) is 5.56 Å². The van der Waals surface area contributed by atoms with Crippen LogP contribution in [0.3, 0.4) is 0 Å². The van der Waals surface area contributed by atoms with E-state index in [0.29, 0.717) is 17.4 Å². The first-order valence-electron chi connectivity index (χ1n) is 9.71. The summed E-state index contributed by atoms with van der Waals surface area (Å²) in [6.07, 6.45) is -0.339. The zero-order valence-corrected chi connectivity index (χ0v) is 16.7. The Labute approximate surface area is 170 Å². The lowest BCUT2D eigenvalue weighted by molar-refractivity contribution is -0.155. The molecular formula is C19H23FN2O8. The highest BCUT2D eigenvalue weighted by Crippen LogP contribution is 2.31. The van der Waals surface area contributed by atoms with Gasteiger partial charge in [-0.05, 0) is 12.8 Å². The summed E-state index contributed by atoms with van der Waals surface area (Å²) in [5.41, 5.74) is -2.05. The van der Waals surface area contributed by atoms with E-state index >= 15 is 0 Å². The number of ketones is 1. The number of nitrogens with zero attached hydrogens (tertiary/aromatic N) is 2. The van der Waals surface area contributed by atoms with Crippen LogP contribution in [0, 0.1) is 5.82 Å². The minimum atomic E-state index is -1.20. The van der Waals surface area contributed by atoms with Crippen molar-refractivity contribution in [2.75, 3.05) is 6.61 Å². The van der Waals surface area contributed by atoms with Crippen LogP contribution in [0.5, 0.6) is 0 Å². The van der Waals surface area contributed by atoms with Crippen LogP contribution in [-0.4, -0.2) is 45.7 Å². The second kappa shape index (κ2) is 8.90. The number of hydrogen-bond donors (Lipinski definition) is 0. The molecule has 1 unspecified atom stereocenters. The highest BCUT2D eigenvalue weighted by atomic mass is 19.1. The van der Waals surface area contributed by atoms with Gasteiger partial charge in [0.1, 0.15) is 31.1 Å². The van der Waals surface area contributed by atoms with Gasteiger partial charge in [0, 0.05) is 26.7 Å². The van der Waals surface area contributed by atoms with Crippen LogP contribution in [-0.2, 0) is 28.6 Å². The predicted octanol–water partition coefficient (Wildman–Crippen LogP) is 0.616. The number of rotatable bonds is 5. The molecule has 1 aromatic heterocycles. The fourth-order valence-electron chi connectivity index (χ4n) is 3.84. The van der Waals surface area contributed by atoms with Gasteiger partial charge in [0.05, 0.1) is 6.20 Å². The normalized spacial score (nSPS) is 26.4. The summed E-state index contributed by atoms with van der Waals surface area (Å²) in [7, 11) is 0. The molecule has 2 fully saturated rings. The first-order valence-corrected chi connectivity index (χ1v) is 9.71. The molecule has 0 aromatic carbocycles. The molecule has 2 heterocycles. The highest BCUT2D eigenvalue weighted by molar-refractivity contribution is 5.83. The Morgan fingerprint density at radius 3 is 2.57 bits per heavy atom. The third-order valence-electron chi connectivity index (χ3n) is 5.20. The zero-order valence-electron chi connectivity index (χ0n) is 16.7. The third-order valence-corrected chi connectivity index (χ3v) is 5.20. The Hall–Kier alpha value is -2.82. The van der Waals surface area contributed by atoms with E-state index in [-0.39, 0.29) is 31.7 Å². The van der Waals surface area contributed by atoms with Crippen molar-refractivity contribution < 1.29 is 33.0 Å². The van der Waals surface area contributed by atoms with E-state index < -0.39 is 53.5 Å². The van der Waals surface area contributed by atoms with Gasteiger partial charge >= 0.3 is 17.6 Å². The summed E-state index contributed by atoms with van der Waals surface area (Å²) >= 11 is 0. The van der Waals surface area contributed by atoms with E-state index in [0.717, 1.165) is 10.8 Å². The molecule has 30 heavy (non-hydrogen) atoms. The predicted molar refractivity (Wildman–Crippen MR) is 98.1 cm³/mol. The Bertz CT molecular complexity index is 968. The molecule has 0 spiro atoms. The molecule has 1 aliphatic heterocycles. The van der Waals surface area contributed by atoms with Gasteiger partial charge in [-0.3, -0.25) is 23.7 Å². The topological polar surface area (TPSA) is 123 Å². The summed E-state index contributed by atoms with van der Waals surface area (Å²) in [5.74, 6) is -2.68. The van der Waals surface area contributed by atoms with Gasteiger partial charge in [-0.15, -0.1) is 0 Å². The van der Waals surface area contributed by atoms with Crippen molar-refractivity contribution in [3.05, 3.63) is 32.9 Å². The standard InChI is InChI=1S/C19H23FN2O8/c1-10(23)28-9-16-15(29-11(2)24)7-17(30-16)21-8-12(20)18(26)22(19(21)27)13-5-3-4-6-14(13)25/h8,13,15-17H,3-7,9H2,1-2H3/t13?,15-,16+,17+/m0/s1. The summed E-state index contributed by atoms with van der Waals surface area (Å²) in [5, 5.41) is 0. The van der Waals surface area contributed by atoms with Gasteiger partial charge in [0.15, 0.2) is 5.78 Å². The monoisotopic (exact) mass is 426 g/mol. The van der Waals surface area contributed by atoms with E-state index in [4.69, 9.17) is 14.2 Å². The molecule has 0 bridgehead atoms. The molecule has 0 radical (unpaired) electrons. The summed E-state index contributed by atoms with van der Waals surface area (Å²) < 4.78 is 31.7. The second-order valence-corrected chi connectivity index (χ2v) is 7.39. The fraction of sp³-hybridized carbons (Fsp3) is 0.632. The van der Waals surface area contributed by atoms with E-state index in [9.17, 15) is 28.4 Å². The zero-order chi connectivity index (χ0) is 22.0. The number of esters is 2. The minimum absolute atomic E-state index is 0.0261. The van der Waals surface area contributed by atoms with Gasteiger partial charge in [-0.25, -0.2) is 9.36 Å². The molecule has 4 atom stereocenters. The number of hydrogen-bond acceptors (Lipinski definition) is 8. The molecule has 2 aliphatic rings. The number of carbonyl (C=O) groups is 3. The second-order valence-electron chi connectivity index (χ2n) is 7.39. The average molecular weight is 426 g/mol. The van der Waals surface area contributed by atoms with Crippen LogP contribution in [0.25, 0.3) is 0 Å². The molecule has 0 amide bonds. The maximum absolute atomic E-state index is 14.4. The number of aromatic nitrogens is 2. The SMILES string of the molecule is CC(=O)OC[C@H]1O[C@@H](n2cc(F)c(=O)n(C3CCCCC3=O)c2=O)C[C@@H]1OC(C)=O. The third kappa shape index (κ3) is 4.50. The number of carbonyl (C=O) groups excluding carboxylic acids is 3. The van der Waals surface area contributed by atoms with E-state index in [1.54, 1.807) is 0 Å². The Kier molecular flexibility index (Phi) is 6.49. The van der Waals surface area contributed by atoms with E-state index in [1.165, 1.54) is 13.8 Å². The van der Waals surface area contributed by atoms with Crippen LogP contribution in [0.1, 0.15) is 58.2 Å². The van der Waals surface area contributed by atoms with Crippen molar-refractivity contribution >= 4 is 17.7 Å². The minimum Gasteiger partial charge on any atom is -0.463 e. The molecule has 1 aliphatic carbocycles. The maximum atomic E-state index is 14.4. The van der Waals surface area contributed by atoms with Gasteiger partial charge in [-0.1, -0.05) is 6.42 Å². The van der Waals surface area contributed by atoms with Crippen molar-refractivity contribution in [3.63, 3.8) is 0 Å². The molecular weight excluding hydrogens is 403 g/mol. The first-order chi connectivity index (χ1) is 14.2. The van der Waals surface area contributed by atoms with Crippen LogP contribution in [0.15, 0.2) is 15.8 Å². The van der Waals surface area contributed by atoms with Crippen molar-refractivity contribution in [3.8, 4) is 0 Å². The maximum Gasteiger partial charge on any atom is 0.333 e. The molecule has 1 saturated heterocycles. The quantitative estimate of drug-likeness (QED) is 0.628. The van der Waals surface area contributed by atoms with Crippen molar-refractivity contribution in [2.24, 2.45) is 0 Å². The van der Waals surface area contributed by atoms with Crippen LogP contribution in [0.4, 0.5) is 4.39 Å². The number of ether oxygens (including phenoxy) is 3. The lowest BCUT2D eigenvalue weighted by Gasteiger charge is -2.24. The molecule has 1 saturated carbocycles. The molecule has 10 nitrogen and oxygen atoms in total. The average Bonchev–Trinajstić information content (AvgIpc) is 3.06. The van der Waals surface area contributed by atoms with Gasteiger partial charge in [0.2, 0.25) is 5.82 Å². The summed E-state index contributed by atoms with van der Waals surface area (Å²) in [4.78, 5) is 60.1. The van der Waals surface area contributed by atoms with Crippen molar-refractivity contribution in [1.82, 2.24) is 9.13 Å².